The SMILES string of the molecule is Cc1nc(CN2C(=O)c3cc(-c4cc(Nc5ccnn5C)ncc4C)cn3C[C@@H]2C)n(C)n1. The predicted molar refractivity (Wildman–Crippen MR) is 124 cm³/mol. The number of nitrogens with one attached hydrogen (secondary N) is 1. The second-order valence-corrected chi connectivity index (χ2v) is 8.60. The molecule has 0 bridgehead atoms. The van der Waals surface area contributed by atoms with Crippen molar-refractivity contribution in [1.29, 1.82) is 0 Å². The monoisotopic (exact) mass is 445 g/mol. The van der Waals surface area contributed by atoms with E-state index in [1.807, 2.05) is 57.2 Å². The summed E-state index contributed by atoms with van der Waals surface area (Å²) >= 11 is 0. The van der Waals surface area contributed by atoms with Gasteiger partial charge < -0.3 is 14.8 Å². The van der Waals surface area contributed by atoms with Crippen LogP contribution in [0.5, 0.6) is 0 Å². The van der Waals surface area contributed by atoms with E-state index in [0.717, 1.165) is 40.7 Å². The van der Waals surface area contributed by atoms with E-state index in [4.69, 9.17) is 0 Å². The minimum Gasteiger partial charge on any atom is -0.341 e. The molecule has 170 valence electrons. The fraction of sp³-hybridized carbons (Fsp3) is 0.348. The first kappa shape index (κ1) is 20.9. The van der Waals surface area contributed by atoms with E-state index in [1.54, 1.807) is 15.6 Å². The second-order valence-electron chi connectivity index (χ2n) is 8.60. The molecular formula is C23H27N9O. The van der Waals surface area contributed by atoms with Crippen molar-refractivity contribution in [3.8, 4) is 11.1 Å². The van der Waals surface area contributed by atoms with Crippen LogP contribution in [0.15, 0.2) is 36.8 Å². The third kappa shape index (κ3) is 3.77. The molecule has 5 heterocycles. The lowest BCUT2D eigenvalue weighted by molar-refractivity contribution is 0.0587. The minimum atomic E-state index is 0.000551. The molecule has 1 aliphatic heterocycles. The molecule has 0 unspecified atom stereocenters. The Morgan fingerprint density at radius 3 is 2.70 bits per heavy atom. The fourth-order valence-electron chi connectivity index (χ4n) is 4.32. The Kier molecular flexibility index (Phi) is 4.99. The molecule has 33 heavy (non-hydrogen) atoms. The van der Waals surface area contributed by atoms with E-state index >= 15 is 0 Å². The second kappa shape index (κ2) is 7.88. The third-order valence-electron chi connectivity index (χ3n) is 6.13. The van der Waals surface area contributed by atoms with Gasteiger partial charge in [-0.3, -0.25) is 14.2 Å². The zero-order valence-corrected chi connectivity index (χ0v) is 19.4. The van der Waals surface area contributed by atoms with E-state index in [2.05, 4.69) is 43.2 Å². The maximum absolute atomic E-state index is 13.4. The number of rotatable bonds is 5. The fourth-order valence-corrected chi connectivity index (χ4v) is 4.32. The minimum absolute atomic E-state index is 0.000551. The van der Waals surface area contributed by atoms with Crippen molar-refractivity contribution >= 4 is 17.5 Å². The van der Waals surface area contributed by atoms with Crippen LogP contribution >= 0.6 is 0 Å². The number of fused-ring (bicyclic) bond motifs is 1. The normalized spacial score (nSPS) is 15.7. The van der Waals surface area contributed by atoms with Crippen molar-refractivity contribution in [3.05, 3.63) is 59.7 Å². The van der Waals surface area contributed by atoms with Crippen LogP contribution in [0.3, 0.4) is 0 Å². The van der Waals surface area contributed by atoms with Gasteiger partial charge in [-0.25, -0.2) is 9.97 Å². The molecular weight excluding hydrogens is 418 g/mol. The molecule has 0 fully saturated rings. The molecule has 0 spiro atoms. The maximum atomic E-state index is 13.4. The number of nitrogens with zero attached hydrogens (tertiary/aromatic N) is 8. The van der Waals surface area contributed by atoms with Gasteiger partial charge in [0.25, 0.3) is 5.91 Å². The Labute approximate surface area is 191 Å². The Balaban J connectivity index is 1.45. The summed E-state index contributed by atoms with van der Waals surface area (Å²) in [5, 5.41) is 11.8. The van der Waals surface area contributed by atoms with Gasteiger partial charge in [0, 0.05) is 50.7 Å². The average molecular weight is 446 g/mol. The standard InChI is InChI=1S/C23H27N9O/c1-14-10-24-20(27-21-6-7-25-29(21)4)9-18(14)17-8-19-23(33)32(15(2)11-31(19)12-17)13-22-26-16(3)28-30(22)5/h6-10,12,15H,11,13H2,1-5H3,(H,24,27)/t15-/m0/s1. The highest BCUT2D eigenvalue weighted by Crippen LogP contribution is 2.31. The molecule has 0 radical (unpaired) electrons. The molecule has 10 heteroatoms. The summed E-state index contributed by atoms with van der Waals surface area (Å²) in [5.41, 5.74) is 3.75. The van der Waals surface area contributed by atoms with Gasteiger partial charge in [0.2, 0.25) is 0 Å². The Morgan fingerprint density at radius 1 is 1.18 bits per heavy atom. The summed E-state index contributed by atoms with van der Waals surface area (Å²) in [4.78, 5) is 24.3. The molecule has 4 aromatic rings. The van der Waals surface area contributed by atoms with Crippen LogP contribution in [-0.2, 0) is 27.2 Å². The number of hydrogen-bond donors (Lipinski definition) is 1. The molecule has 1 amide bonds. The molecule has 10 nitrogen and oxygen atoms in total. The number of aryl methyl sites for hydroxylation is 4. The number of aromatic nitrogens is 7. The van der Waals surface area contributed by atoms with Crippen molar-refractivity contribution in [2.45, 2.75) is 39.9 Å². The van der Waals surface area contributed by atoms with Crippen LogP contribution in [0.2, 0.25) is 0 Å². The van der Waals surface area contributed by atoms with Crippen molar-refractivity contribution in [1.82, 2.24) is 39.0 Å². The summed E-state index contributed by atoms with van der Waals surface area (Å²) in [5.74, 6) is 3.07. The van der Waals surface area contributed by atoms with E-state index in [0.29, 0.717) is 18.1 Å². The van der Waals surface area contributed by atoms with Crippen LogP contribution < -0.4 is 5.32 Å². The van der Waals surface area contributed by atoms with Crippen LogP contribution in [0.25, 0.3) is 11.1 Å². The zero-order chi connectivity index (χ0) is 23.3. The molecule has 1 aliphatic rings. The molecule has 4 aromatic heterocycles. The number of hydrogen-bond acceptors (Lipinski definition) is 6. The molecule has 1 N–H and O–H groups in total. The first-order valence-corrected chi connectivity index (χ1v) is 10.9. The van der Waals surface area contributed by atoms with Gasteiger partial charge in [-0.2, -0.15) is 10.2 Å². The first-order chi connectivity index (χ1) is 15.8. The summed E-state index contributed by atoms with van der Waals surface area (Å²) in [6.45, 7) is 7.11. The van der Waals surface area contributed by atoms with Crippen LogP contribution in [0, 0.1) is 13.8 Å². The number of carbonyl (C=O) groups is 1. The molecule has 0 aromatic carbocycles. The highest BCUT2D eigenvalue weighted by molar-refractivity contribution is 5.95. The van der Waals surface area contributed by atoms with Crippen LogP contribution in [-0.4, -0.2) is 50.9 Å². The van der Waals surface area contributed by atoms with E-state index in [1.165, 1.54) is 0 Å². The van der Waals surface area contributed by atoms with Crippen LogP contribution in [0.1, 0.15) is 34.6 Å². The number of anilines is 2. The van der Waals surface area contributed by atoms with E-state index in [9.17, 15) is 4.79 Å². The zero-order valence-electron chi connectivity index (χ0n) is 19.4. The quantitative estimate of drug-likeness (QED) is 0.507. The Morgan fingerprint density at radius 2 is 2.00 bits per heavy atom. The lowest BCUT2D eigenvalue weighted by atomic mass is 10.1. The lowest BCUT2D eigenvalue weighted by Crippen LogP contribution is -2.46. The van der Waals surface area contributed by atoms with E-state index < -0.39 is 0 Å². The van der Waals surface area contributed by atoms with Crippen molar-refractivity contribution in [2.75, 3.05) is 5.32 Å². The highest BCUT2D eigenvalue weighted by Gasteiger charge is 2.31. The van der Waals surface area contributed by atoms with Gasteiger partial charge in [0.1, 0.15) is 29.0 Å². The number of pyridine rings is 1. The molecule has 0 aliphatic carbocycles. The smallest absolute Gasteiger partial charge is 0.271 e. The van der Waals surface area contributed by atoms with Gasteiger partial charge in [-0.15, -0.1) is 0 Å². The number of amides is 1. The van der Waals surface area contributed by atoms with Gasteiger partial charge in [-0.05, 0) is 44.0 Å². The van der Waals surface area contributed by atoms with E-state index in [-0.39, 0.29) is 11.9 Å². The average Bonchev–Trinajstić information content (AvgIpc) is 3.45. The van der Waals surface area contributed by atoms with Crippen LogP contribution in [0.4, 0.5) is 11.6 Å². The maximum Gasteiger partial charge on any atom is 0.271 e. The summed E-state index contributed by atoms with van der Waals surface area (Å²) in [6.07, 6.45) is 5.64. The topological polar surface area (TPSA) is 98.7 Å². The summed E-state index contributed by atoms with van der Waals surface area (Å²) in [7, 11) is 3.73. The van der Waals surface area contributed by atoms with Gasteiger partial charge >= 0.3 is 0 Å². The molecule has 0 saturated carbocycles. The molecule has 0 saturated heterocycles. The van der Waals surface area contributed by atoms with Crippen molar-refractivity contribution in [2.24, 2.45) is 14.1 Å². The molecule has 5 rings (SSSR count). The Hall–Kier alpha value is -3.95. The van der Waals surface area contributed by atoms with Gasteiger partial charge in [-0.1, -0.05) is 0 Å². The third-order valence-corrected chi connectivity index (χ3v) is 6.13. The first-order valence-electron chi connectivity index (χ1n) is 10.9. The van der Waals surface area contributed by atoms with Gasteiger partial charge in [0.15, 0.2) is 0 Å². The number of carbonyl (C=O) groups excluding carboxylic acids is 1. The lowest BCUT2D eigenvalue weighted by Gasteiger charge is -2.34. The van der Waals surface area contributed by atoms with Crippen molar-refractivity contribution in [3.63, 3.8) is 0 Å². The summed E-state index contributed by atoms with van der Waals surface area (Å²) in [6, 6.07) is 5.92. The van der Waals surface area contributed by atoms with Crippen molar-refractivity contribution < 1.29 is 4.79 Å². The largest absolute Gasteiger partial charge is 0.341 e. The van der Waals surface area contributed by atoms with Gasteiger partial charge in [0.05, 0.1) is 12.7 Å². The summed E-state index contributed by atoms with van der Waals surface area (Å²) < 4.78 is 5.55. The molecule has 1 atom stereocenters. The predicted octanol–water partition coefficient (Wildman–Crippen LogP) is 2.82. The highest BCUT2D eigenvalue weighted by atomic mass is 16.2. The Bertz CT molecular complexity index is 1350.